The van der Waals surface area contributed by atoms with Crippen LogP contribution in [0.25, 0.3) is 0 Å². The number of hydrogen-bond donors (Lipinski definition) is 6. The van der Waals surface area contributed by atoms with Gasteiger partial charge in [0, 0.05) is 0 Å². The summed E-state index contributed by atoms with van der Waals surface area (Å²) in [7, 11) is -9.31. The minimum Gasteiger partial charge on any atom is -0.660 e. The molecular weight excluding hydrogens is 211 g/mol. The van der Waals surface area contributed by atoms with Gasteiger partial charge in [0.25, 0.3) is 0 Å². The van der Waals surface area contributed by atoms with Gasteiger partial charge >= 0.3 is 18.1 Å². The topological polar surface area (TPSA) is 140 Å². The van der Waals surface area contributed by atoms with Gasteiger partial charge in [0.2, 0.25) is 0 Å². The van der Waals surface area contributed by atoms with E-state index in [1.165, 1.54) is 0 Å². The lowest BCUT2D eigenvalue weighted by Crippen LogP contribution is -2.46. The maximum atomic E-state index is 8.15. The minimum atomic E-state index is -4.66. The molecule has 11 heavy (non-hydrogen) atoms. The third kappa shape index (κ3) is 10.6. The summed E-state index contributed by atoms with van der Waals surface area (Å²) < 4.78 is 7.65. The highest BCUT2D eigenvalue weighted by Gasteiger charge is 2.26. The van der Waals surface area contributed by atoms with Gasteiger partial charge in [0.15, 0.2) is 0 Å². The highest BCUT2D eigenvalue weighted by atomic mass is 28.4. The maximum absolute atomic E-state index is 8.15. The Bertz CT molecular complexity index is 96.2. The Hall–Kier alpha value is 0.646. The second-order valence-corrected chi connectivity index (χ2v) is 5.85. The van der Waals surface area contributed by atoms with Crippen LogP contribution in [-0.4, -0.2) is 62.8 Å². The summed E-state index contributed by atoms with van der Waals surface area (Å²) in [6.45, 7) is 0. The molecule has 0 amide bonds. The summed E-state index contributed by atoms with van der Waals surface area (Å²) in [5, 5.41) is 0. The summed E-state index contributed by atoms with van der Waals surface area (Å²) >= 11 is -1.71. The van der Waals surface area contributed by atoms with Gasteiger partial charge in [-0.1, -0.05) is 0 Å². The molecule has 0 unspecified atom stereocenters. The number of hydrogen-bond acceptors (Lipinski definition) is 8. The molecular formula is H6AlO8Si2-. The van der Waals surface area contributed by atoms with Crippen molar-refractivity contribution in [1.82, 2.24) is 0 Å². The van der Waals surface area contributed by atoms with E-state index in [0.29, 0.717) is 0 Å². The van der Waals surface area contributed by atoms with Gasteiger partial charge in [-0.05, 0) is 0 Å². The Morgan fingerprint density at radius 2 is 1.00 bits per heavy atom. The van der Waals surface area contributed by atoms with E-state index in [0.717, 1.165) is 0 Å². The number of rotatable bonds is 4. The zero-order valence-corrected chi connectivity index (χ0v) is 8.23. The van der Waals surface area contributed by atoms with Crippen molar-refractivity contribution >= 4 is 34.0 Å². The summed E-state index contributed by atoms with van der Waals surface area (Å²) in [5.41, 5.74) is 0. The van der Waals surface area contributed by atoms with Crippen LogP contribution in [0.4, 0.5) is 0 Å². The van der Waals surface area contributed by atoms with Crippen molar-refractivity contribution < 1.29 is 35.7 Å². The lowest BCUT2D eigenvalue weighted by molar-refractivity contribution is 0.0965. The van der Waals surface area contributed by atoms with Crippen molar-refractivity contribution in [2.24, 2.45) is 0 Å². The Balaban J connectivity index is 3.44. The fourth-order valence-electron chi connectivity index (χ4n) is 0.153. The molecule has 8 nitrogen and oxygen atoms in total. The van der Waals surface area contributed by atoms with Crippen molar-refractivity contribution in [3.8, 4) is 0 Å². The van der Waals surface area contributed by atoms with Crippen molar-refractivity contribution in [2.45, 2.75) is 0 Å². The van der Waals surface area contributed by atoms with Gasteiger partial charge in [0.05, 0.1) is 0 Å². The highest BCUT2D eigenvalue weighted by Crippen LogP contribution is 1.91. The molecule has 0 heterocycles. The van der Waals surface area contributed by atoms with Crippen molar-refractivity contribution in [2.75, 3.05) is 0 Å². The van der Waals surface area contributed by atoms with E-state index in [1.54, 1.807) is 0 Å². The Kier molecular flexibility index (Phi) is 4.28. The predicted octanol–water partition coefficient (Wildman–Crippen LogP) is -4.62. The predicted molar refractivity (Wildman–Crippen MR) is 32.7 cm³/mol. The van der Waals surface area contributed by atoms with E-state index >= 15 is 0 Å². The van der Waals surface area contributed by atoms with Gasteiger partial charge in [-0.2, -0.15) is 0 Å². The molecule has 0 saturated carbocycles. The van der Waals surface area contributed by atoms with Gasteiger partial charge < -0.3 is 35.7 Å². The Morgan fingerprint density at radius 3 is 1.18 bits per heavy atom. The van der Waals surface area contributed by atoms with Gasteiger partial charge in [0.1, 0.15) is 15.9 Å². The molecule has 11 heteroatoms. The Labute approximate surface area is 70.2 Å². The third-order valence-corrected chi connectivity index (χ3v) is 3.71. The smallest absolute Gasteiger partial charge is 0.608 e. The molecule has 0 aromatic rings. The molecule has 0 aliphatic heterocycles. The molecule has 0 atom stereocenters. The molecule has 6 N–H and O–H groups in total. The first-order chi connectivity index (χ1) is 4.71. The minimum absolute atomic E-state index is 1.71. The largest absolute Gasteiger partial charge is 0.660 e. The summed E-state index contributed by atoms with van der Waals surface area (Å²) in [5.74, 6) is 0. The van der Waals surface area contributed by atoms with Crippen LogP contribution in [0.15, 0.2) is 0 Å². The summed E-state index contributed by atoms with van der Waals surface area (Å²) in [4.78, 5) is 48.9. The van der Waals surface area contributed by atoms with E-state index in [9.17, 15) is 0 Å². The van der Waals surface area contributed by atoms with E-state index in [-0.39, 0.29) is 0 Å². The first-order valence-corrected chi connectivity index (χ1v) is 6.66. The van der Waals surface area contributed by atoms with E-state index in [4.69, 9.17) is 28.8 Å². The van der Waals surface area contributed by atoms with Crippen LogP contribution in [0.3, 0.4) is 0 Å². The summed E-state index contributed by atoms with van der Waals surface area (Å²) in [6.07, 6.45) is 0. The van der Waals surface area contributed by atoms with Crippen LogP contribution < -0.4 is 0 Å². The molecule has 0 spiro atoms. The van der Waals surface area contributed by atoms with Gasteiger partial charge in [-0.25, -0.2) is 0 Å². The monoisotopic (exact) mass is 217 g/mol. The van der Waals surface area contributed by atoms with Crippen LogP contribution in [0, 0.1) is 0 Å². The summed E-state index contributed by atoms with van der Waals surface area (Å²) in [6, 6.07) is 0. The van der Waals surface area contributed by atoms with Crippen molar-refractivity contribution in [3.63, 3.8) is 0 Å². The average Bonchev–Trinajstić information content (AvgIpc) is 1.55. The third-order valence-electron chi connectivity index (χ3n) is 0.412. The highest BCUT2D eigenvalue weighted by molar-refractivity contribution is 6.60. The molecule has 66 valence electrons. The molecule has 0 aromatic carbocycles. The average molecular weight is 217 g/mol. The second kappa shape index (κ2) is 4.05. The molecule has 2 radical (unpaired) electrons. The van der Waals surface area contributed by atoms with Gasteiger partial charge in [-0.3, -0.25) is 0 Å². The van der Waals surface area contributed by atoms with Crippen LogP contribution in [-0.2, 0) is 6.96 Å². The maximum Gasteiger partial charge on any atom is 0.608 e. The lowest BCUT2D eigenvalue weighted by Gasteiger charge is -2.27. The van der Waals surface area contributed by atoms with E-state index in [1.807, 2.05) is 0 Å². The Morgan fingerprint density at radius 1 is 0.727 bits per heavy atom. The van der Waals surface area contributed by atoms with Gasteiger partial charge in [-0.15, -0.1) is 0 Å². The molecule has 0 aromatic heterocycles. The van der Waals surface area contributed by atoms with Crippen molar-refractivity contribution in [1.29, 1.82) is 0 Å². The van der Waals surface area contributed by atoms with Crippen molar-refractivity contribution in [3.05, 3.63) is 0 Å². The molecule has 0 fully saturated rings. The molecule has 0 saturated heterocycles. The molecule has 0 aliphatic carbocycles. The van der Waals surface area contributed by atoms with Crippen LogP contribution in [0.5, 0.6) is 0 Å². The quantitative estimate of drug-likeness (QED) is 0.258. The van der Waals surface area contributed by atoms with Crippen LogP contribution in [0.1, 0.15) is 0 Å². The normalized spacial score (nSPS) is 13.6. The second-order valence-electron chi connectivity index (χ2n) is 1.48. The molecule has 0 aliphatic rings. The molecule has 0 bridgehead atoms. The zero-order chi connectivity index (χ0) is 9.12. The molecule has 0 rings (SSSR count). The fraction of sp³-hybridized carbons (Fsp3) is 0. The lowest BCUT2D eigenvalue weighted by atomic mass is 15.6. The fourth-order valence-corrected chi connectivity index (χ4v) is 1.81. The van der Waals surface area contributed by atoms with Crippen LogP contribution >= 0.6 is 0 Å². The SMILES string of the molecule is O[Si](O)(O)[O][Al-][O][Si](O)(O)O. The zero-order valence-electron chi connectivity index (χ0n) is 5.08. The standard InChI is InChI=1S/Al.2H3O4Si/c;2*1-5(2,3)4/h;2*1-3H/q+1;2*-1. The van der Waals surface area contributed by atoms with Crippen LogP contribution in [0.2, 0.25) is 0 Å². The van der Waals surface area contributed by atoms with E-state index < -0.39 is 34.0 Å². The first kappa shape index (κ1) is 11.6. The first-order valence-electron chi connectivity index (χ1n) is 2.22. The van der Waals surface area contributed by atoms with E-state index in [2.05, 4.69) is 6.96 Å².